The first-order chi connectivity index (χ1) is 10.2. The maximum atomic E-state index is 4.32. The van der Waals surface area contributed by atoms with E-state index in [0.717, 1.165) is 13.1 Å². The van der Waals surface area contributed by atoms with Crippen LogP contribution in [0.3, 0.4) is 0 Å². The van der Waals surface area contributed by atoms with Gasteiger partial charge in [-0.3, -0.25) is 9.58 Å². The molecular weight excluding hydrogens is 260 g/mol. The summed E-state index contributed by atoms with van der Waals surface area (Å²) in [6, 6.07) is 10.7. The Labute approximate surface area is 126 Å². The normalized spacial score (nSPS) is 21.2. The van der Waals surface area contributed by atoms with E-state index in [1.165, 1.54) is 37.3 Å². The van der Waals surface area contributed by atoms with Gasteiger partial charge in [0.25, 0.3) is 0 Å². The van der Waals surface area contributed by atoms with Gasteiger partial charge < -0.3 is 4.90 Å². The molecule has 1 aromatic carbocycles. The van der Waals surface area contributed by atoms with E-state index < -0.39 is 0 Å². The summed E-state index contributed by atoms with van der Waals surface area (Å²) in [6.07, 6.45) is 3.87. The van der Waals surface area contributed by atoms with Crippen molar-refractivity contribution < 1.29 is 0 Å². The zero-order valence-corrected chi connectivity index (χ0v) is 12.6. The lowest BCUT2D eigenvalue weighted by molar-refractivity contribution is -0.108. The highest BCUT2D eigenvalue weighted by Crippen LogP contribution is 2.39. The smallest absolute Gasteiger partial charge is 0.0662 e. The second-order valence-electron chi connectivity index (χ2n) is 6.79. The summed E-state index contributed by atoms with van der Waals surface area (Å²) >= 11 is 0. The van der Waals surface area contributed by atoms with Crippen LogP contribution in [-0.4, -0.2) is 52.8 Å². The van der Waals surface area contributed by atoms with Crippen molar-refractivity contribution in [2.24, 2.45) is 5.41 Å². The molecule has 1 aromatic heterocycles. The van der Waals surface area contributed by atoms with E-state index in [4.69, 9.17) is 0 Å². The lowest BCUT2D eigenvalue weighted by Gasteiger charge is -2.59. The average Bonchev–Trinajstić information content (AvgIpc) is 2.89. The Kier molecular flexibility index (Phi) is 3.08. The maximum absolute atomic E-state index is 4.32. The van der Waals surface area contributed by atoms with Crippen molar-refractivity contribution in [2.75, 3.05) is 33.2 Å². The molecule has 0 radical (unpaired) electrons. The third kappa shape index (κ3) is 2.49. The summed E-state index contributed by atoms with van der Waals surface area (Å²) in [7, 11) is 2.22. The summed E-state index contributed by atoms with van der Waals surface area (Å²) in [5.74, 6) is 0. The van der Waals surface area contributed by atoms with Crippen LogP contribution >= 0.6 is 0 Å². The fourth-order valence-electron chi connectivity index (χ4n) is 3.99. The van der Waals surface area contributed by atoms with E-state index >= 15 is 0 Å². The molecule has 0 unspecified atom stereocenters. The maximum Gasteiger partial charge on any atom is 0.0662 e. The molecule has 0 aliphatic carbocycles. The van der Waals surface area contributed by atoms with Crippen LogP contribution in [0.5, 0.6) is 0 Å². The number of aromatic nitrogens is 2. The van der Waals surface area contributed by atoms with Crippen LogP contribution < -0.4 is 0 Å². The second kappa shape index (κ2) is 4.97. The Morgan fingerprint density at radius 1 is 1.00 bits per heavy atom. The predicted molar refractivity (Wildman–Crippen MR) is 83.0 cm³/mol. The highest BCUT2D eigenvalue weighted by atomic mass is 15.3. The minimum atomic E-state index is 0.617. The molecule has 4 heteroatoms. The van der Waals surface area contributed by atoms with E-state index in [-0.39, 0.29) is 0 Å². The SMILES string of the molecule is CN1CC2(C1)CN(Cc1ccccc1Cn1cccn1)C2. The number of benzene rings is 1. The molecule has 0 saturated carbocycles. The summed E-state index contributed by atoms with van der Waals surface area (Å²) in [6.45, 7) is 7.01. The molecule has 4 nitrogen and oxygen atoms in total. The van der Waals surface area contributed by atoms with Gasteiger partial charge in [-0.1, -0.05) is 24.3 Å². The first kappa shape index (κ1) is 13.0. The highest BCUT2D eigenvalue weighted by molar-refractivity contribution is 5.28. The number of hydrogen-bond acceptors (Lipinski definition) is 3. The molecule has 0 bridgehead atoms. The van der Waals surface area contributed by atoms with Crippen molar-refractivity contribution in [2.45, 2.75) is 13.1 Å². The van der Waals surface area contributed by atoms with Gasteiger partial charge in [-0.2, -0.15) is 5.10 Å². The van der Waals surface area contributed by atoms with Gasteiger partial charge in [0, 0.05) is 50.5 Å². The van der Waals surface area contributed by atoms with Crippen LogP contribution in [0.15, 0.2) is 42.7 Å². The van der Waals surface area contributed by atoms with E-state index in [1.807, 2.05) is 23.1 Å². The zero-order chi connectivity index (χ0) is 14.3. The Balaban J connectivity index is 1.41. The Hall–Kier alpha value is -1.65. The fourth-order valence-corrected chi connectivity index (χ4v) is 3.99. The minimum absolute atomic E-state index is 0.617. The van der Waals surface area contributed by atoms with E-state index in [2.05, 4.69) is 46.2 Å². The molecule has 2 saturated heterocycles. The third-order valence-corrected chi connectivity index (χ3v) is 4.73. The largest absolute Gasteiger partial charge is 0.305 e. The molecule has 0 atom stereocenters. The molecule has 2 aromatic rings. The van der Waals surface area contributed by atoms with Gasteiger partial charge in [-0.05, 0) is 24.2 Å². The van der Waals surface area contributed by atoms with E-state index in [0.29, 0.717) is 5.41 Å². The highest BCUT2D eigenvalue weighted by Gasteiger charge is 2.49. The van der Waals surface area contributed by atoms with Crippen LogP contribution in [0, 0.1) is 5.41 Å². The van der Waals surface area contributed by atoms with E-state index in [9.17, 15) is 0 Å². The molecule has 2 fully saturated rings. The summed E-state index contributed by atoms with van der Waals surface area (Å²) < 4.78 is 2.00. The first-order valence-electron chi connectivity index (χ1n) is 7.68. The minimum Gasteiger partial charge on any atom is -0.305 e. The zero-order valence-electron chi connectivity index (χ0n) is 12.6. The summed E-state index contributed by atoms with van der Waals surface area (Å²) in [4.78, 5) is 5.00. The monoisotopic (exact) mass is 282 g/mol. The van der Waals surface area contributed by atoms with Crippen LogP contribution in [0.25, 0.3) is 0 Å². The van der Waals surface area contributed by atoms with Crippen LogP contribution in [0.4, 0.5) is 0 Å². The molecular formula is C17H22N4. The van der Waals surface area contributed by atoms with Gasteiger partial charge >= 0.3 is 0 Å². The lowest BCUT2D eigenvalue weighted by atomic mass is 9.73. The lowest BCUT2D eigenvalue weighted by Crippen LogP contribution is -2.70. The number of rotatable bonds is 4. The summed E-state index contributed by atoms with van der Waals surface area (Å²) in [5, 5.41) is 4.32. The number of nitrogens with zero attached hydrogens (tertiary/aromatic N) is 4. The number of likely N-dealkylation sites (tertiary alicyclic amines) is 2. The van der Waals surface area contributed by atoms with Gasteiger partial charge in [-0.25, -0.2) is 0 Å². The standard InChI is InChI=1S/C17H22N4/c1-19-11-17(12-19)13-20(14-17)9-15-5-2-3-6-16(15)10-21-8-4-7-18-21/h2-8H,9-14H2,1H3. The number of hydrogen-bond donors (Lipinski definition) is 0. The van der Waals surface area contributed by atoms with Gasteiger partial charge in [-0.15, -0.1) is 0 Å². The molecule has 110 valence electrons. The van der Waals surface area contributed by atoms with Crippen molar-refractivity contribution >= 4 is 0 Å². The molecule has 21 heavy (non-hydrogen) atoms. The molecule has 2 aliphatic heterocycles. The molecule has 1 spiro atoms. The quantitative estimate of drug-likeness (QED) is 0.853. The van der Waals surface area contributed by atoms with E-state index in [1.54, 1.807) is 0 Å². The summed E-state index contributed by atoms with van der Waals surface area (Å²) in [5.41, 5.74) is 3.44. The van der Waals surface area contributed by atoms with Crippen molar-refractivity contribution in [3.8, 4) is 0 Å². The van der Waals surface area contributed by atoms with Crippen molar-refractivity contribution in [1.29, 1.82) is 0 Å². The van der Waals surface area contributed by atoms with Crippen molar-refractivity contribution in [3.05, 3.63) is 53.9 Å². The van der Waals surface area contributed by atoms with Gasteiger partial charge in [0.05, 0.1) is 6.54 Å². The molecule has 0 amide bonds. The van der Waals surface area contributed by atoms with Gasteiger partial charge in [0.1, 0.15) is 0 Å². The Morgan fingerprint density at radius 2 is 1.71 bits per heavy atom. The molecule has 2 aliphatic rings. The van der Waals surface area contributed by atoms with Crippen molar-refractivity contribution in [3.63, 3.8) is 0 Å². The van der Waals surface area contributed by atoms with Crippen LogP contribution in [-0.2, 0) is 13.1 Å². The van der Waals surface area contributed by atoms with Gasteiger partial charge in [0.15, 0.2) is 0 Å². The Morgan fingerprint density at radius 3 is 2.33 bits per heavy atom. The topological polar surface area (TPSA) is 24.3 Å². The van der Waals surface area contributed by atoms with Crippen LogP contribution in [0.1, 0.15) is 11.1 Å². The van der Waals surface area contributed by atoms with Crippen molar-refractivity contribution in [1.82, 2.24) is 19.6 Å². The molecule has 3 heterocycles. The average molecular weight is 282 g/mol. The third-order valence-electron chi connectivity index (χ3n) is 4.73. The Bertz CT molecular complexity index is 605. The molecule has 4 rings (SSSR count). The second-order valence-corrected chi connectivity index (χ2v) is 6.79. The molecule has 0 N–H and O–H groups in total. The van der Waals surface area contributed by atoms with Gasteiger partial charge in [0.2, 0.25) is 0 Å². The fraction of sp³-hybridized carbons (Fsp3) is 0.471. The van der Waals surface area contributed by atoms with Crippen LogP contribution in [0.2, 0.25) is 0 Å². The first-order valence-corrected chi connectivity index (χ1v) is 7.68. The predicted octanol–water partition coefficient (Wildman–Crippen LogP) is 1.68.